The van der Waals surface area contributed by atoms with Gasteiger partial charge in [-0.15, -0.1) is 0 Å². The van der Waals surface area contributed by atoms with Gasteiger partial charge in [-0.25, -0.2) is 9.59 Å². The molecule has 0 aliphatic heterocycles. The zero-order valence-electron chi connectivity index (χ0n) is 12.6. The van der Waals surface area contributed by atoms with E-state index in [-0.39, 0.29) is 11.3 Å². The van der Waals surface area contributed by atoms with Gasteiger partial charge in [0, 0.05) is 11.6 Å². The molecule has 0 radical (unpaired) electrons. The van der Waals surface area contributed by atoms with Gasteiger partial charge in [0.2, 0.25) is 0 Å². The maximum absolute atomic E-state index is 11.9. The number of carbonyl (C=O) groups is 2. The molecule has 0 saturated carbocycles. The van der Waals surface area contributed by atoms with E-state index in [0.29, 0.717) is 0 Å². The number of rotatable bonds is 5. The molecule has 0 fully saturated rings. The highest BCUT2D eigenvalue weighted by Gasteiger charge is 2.28. The van der Waals surface area contributed by atoms with Gasteiger partial charge >= 0.3 is 11.9 Å². The van der Waals surface area contributed by atoms with E-state index in [0.717, 1.165) is 12.1 Å². The van der Waals surface area contributed by atoms with Crippen LogP contribution >= 0.6 is 0 Å². The Bertz CT molecular complexity index is 963. The monoisotopic (exact) mass is 349 g/mol. The molecule has 1 aromatic heterocycles. The highest BCUT2D eigenvalue weighted by Crippen LogP contribution is 2.34. The van der Waals surface area contributed by atoms with E-state index in [1.54, 1.807) is 0 Å². The van der Waals surface area contributed by atoms with E-state index >= 15 is 0 Å². The molecule has 0 saturated heterocycles. The van der Waals surface area contributed by atoms with Gasteiger partial charge in [0.15, 0.2) is 0 Å². The molecular weight excluding hydrogens is 338 g/mol. The van der Waals surface area contributed by atoms with Crippen molar-refractivity contribution >= 4 is 23.4 Å². The van der Waals surface area contributed by atoms with Crippen molar-refractivity contribution in [1.29, 1.82) is 0 Å². The highest BCUT2D eigenvalue weighted by molar-refractivity contribution is 6.07. The summed E-state index contributed by atoms with van der Waals surface area (Å²) < 4.78 is 4.91. The Morgan fingerprint density at radius 1 is 1.20 bits per heavy atom. The molecular formula is C14H11N3O8. The fourth-order valence-electron chi connectivity index (χ4n) is 2.29. The number of nitro groups is 1. The molecule has 130 valence electrons. The van der Waals surface area contributed by atoms with Crippen LogP contribution in [0.15, 0.2) is 23.0 Å². The number of nitrogens with one attached hydrogen (secondary N) is 1. The van der Waals surface area contributed by atoms with Gasteiger partial charge in [0.05, 0.1) is 18.1 Å². The van der Waals surface area contributed by atoms with Crippen LogP contribution in [0.4, 0.5) is 11.5 Å². The first-order valence-corrected chi connectivity index (χ1v) is 6.53. The van der Waals surface area contributed by atoms with Crippen LogP contribution in [0.1, 0.15) is 20.7 Å². The summed E-state index contributed by atoms with van der Waals surface area (Å²) in [6.45, 7) is 0. The molecule has 0 amide bonds. The van der Waals surface area contributed by atoms with Crippen LogP contribution in [0.2, 0.25) is 0 Å². The second-order valence-electron chi connectivity index (χ2n) is 4.78. The maximum Gasteiger partial charge on any atom is 0.342 e. The minimum Gasteiger partial charge on any atom is -0.496 e. The van der Waals surface area contributed by atoms with Gasteiger partial charge in [0.1, 0.15) is 22.7 Å². The number of pyridine rings is 1. The first-order chi connectivity index (χ1) is 11.7. The lowest BCUT2D eigenvalue weighted by atomic mass is 9.95. The van der Waals surface area contributed by atoms with Gasteiger partial charge in [0.25, 0.3) is 11.2 Å². The number of aromatic carboxylic acids is 2. The van der Waals surface area contributed by atoms with Crippen molar-refractivity contribution in [2.75, 3.05) is 12.8 Å². The van der Waals surface area contributed by atoms with Crippen LogP contribution in [-0.2, 0) is 0 Å². The van der Waals surface area contributed by atoms with Crippen molar-refractivity contribution in [2.45, 2.75) is 0 Å². The second-order valence-corrected chi connectivity index (χ2v) is 4.78. The summed E-state index contributed by atoms with van der Waals surface area (Å²) in [5.74, 6) is -3.94. The number of H-pyrrole nitrogens is 1. The predicted octanol–water partition coefficient (Wildman–Crippen LogP) is 0.937. The number of carboxylic acids is 2. The van der Waals surface area contributed by atoms with Gasteiger partial charge in [-0.3, -0.25) is 14.9 Å². The summed E-state index contributed by atoms with van der Waals surface area (Å²) in [7, 11) is 1.21. The van der Waals surface area contributed by atoms with Crippen LogP contribution in [0.5, 0.6) is 5.75 Å². The lowest BCUT2D eigenvalue weighted by molar-refractivity contribution is -0.384. The number of aromatic nitrogens is 1. The van der Waals surface area contributed by atoms with Crippen molar-refractivity contribution in [3.8, 4) is 16.9 Å². The normalized spacial score (nSPS) is 10.3. The van der Waals surface area contributed by atoms with E-state index in [2.05, 4.69) is 0 Å². The molecule has 0 unspecified atom stereocenters. The third kappa shape index (κ3) is 3.10. The Labute approximate surface area is 138 Å². The fourth-order valence-corrected chi connectivity index (χ4v) is 2.29. The number of nitrogens with zero attached hydrogens (tertiary/aromatic N) is 1. The quantitative estimate of drug-likeness (QED) is 0.450. The summed E-state index contributed by atoms with van der Waals surface area (Å²) in [5.41, 5.74) is 1.51. The summed E-state index contributed by atoms with van der Waals surface area (Å²) in [6.07, 6.45) is 0. The molecule has 0 spiro atoms. The molecule has 1 aromatic carbocycles. The number of carboxylic acid groups (broad SMARTS) is 2. The lowest BCUT2D eigenvalue weighted by Crippen LogP contribution is -2.24. The molecule has 0 aliphatic rings. The van der Waals surface area contributed by atoms with E-state index in [1.807, 2.05) is 4.98 Å². The van der Waals surface area contributed by atoms with Crippen molar-refractivity contribution in [3.05, 3.63) is 49.8 Å². The molecule has 25 heavy (non-hydrogen) atoms. The second kappa shape index (κ2) is 6.31. The van der Waals surface area contributed by atoms with E-state index < -0.39 is 50.6 Å². The van der Waals surface area contributed by atoms with Crippen molar-refractivity contribution in [3.63, 3.8) is 0 Å². The molecule has 11 heteroatoms. The SMILES string of the molecule is COc1cc(-c2c(C(=O)O)c(N)[nH]c(=O)c2C(=O)O)cc([N+](=O)[O-])c1. The topological polar surface area (TPSA) is 186 Å². The summed E-state index contributed by atoms with van der Waals surface area (Å²) in [4.78, 5) is 47.1. The number of nitro benzene ring substituents is 1. The first-order valence-electron chi connectivity index (χ1n) is 6.53. The number of non-ortho nitro benzene ring substituents is 1. The van der Waals surface area contributed by atoms with Crippen LogP contribution in [0.25, 0.3) is 11.1 Å². The average molecular weight is 349 g/mol. The van der Waals surface area contributed by atoms with Gasteiger partial charge in [-0.2, -0.15) is 0 Å². The van der Waals surface area contributed by atoms with Crippen LogP contribution in [0, 0.1) is 10.1 Å². The molecule has 11 nitrogen and oxygen atoms in total. The Hall–Kier alpha value is -3.89. The molecule has 0 atom stereocenters. The smallest absolute Gasteiger partial charge is 0.342 e. The summed E-state index contributed by atoms with van der Waals surface area (Å²) in [6, 6.07) is 3.15. The average Bonchev–Trinajstić information content (AvgIpc) is 2.52. The Morgan fingerprint density at radius 3 is 2.28 bits per heavy atom. The minimum atomic E-state index is -1.72. The number of nitrogen functional groups attached to an aromatic ring is 1. The number of hydrogen-bond donors (Lipinski definition) is 4. The van der Waals surface area contributed by atoms with Crippen LogP contribution in [0.3, 0.4) is 0 Å². The van der Waals surface area contributed by atoms with Crippen molar-refractivity contribution in [1.82, 2.24) is 4.98 Å². The van der Waals surface area contributed by atoms with E-state index in [1.165, 1.54) is 13.2 Å². The Kier molecular flexibility index (Phi) is 4.41. The van der Waals surface area contributed by atoms with Gasteiger partial charge in [-0.05, 0) is 11.6 Å². The molecule has 2 rings (SSSR count). The summed E-state index contributed by atoms with van der Waals surface area (Å²) >= 11 is 0. The summed E-state index contributed by atoms with van der Waals surface area (Å²) in [5, 5.41) is 29.7. The number of ether oxygens (including phenoxy) is 1. The number of aromatic amines is 1. The first kappa shape index (κ1) is 17.5. The number of benzene rings is 1. The third-order valence-corrected chi connectivity index (χ3v) is 3.30. The molecule has 0 bridgehead atoms. The molecule has 0 aliphatic carbocycles. The Morgan fingerprint density at radius 2 is 1.80 bits per heavy atom. The van der Waals surface area contributed by atoms with Gasteiger partial charge < -0.3 is 25.7 Å². The number of hydrogen-bond acceptors (Lipinski definition) is 7. The molecule has 5 N–H and O–H groups in total. The van der Waals surface area contributed by atoms with Gasteiger partial charge in [-0.1, -0.05) is 0 Å². The minimum absolute atomic E-state index is 0.0317. The molecule has 2 aromatic rings. The molecule has 1 heterocycles. The number of methoxy groups -OCH3 is 1. The van der Waals surface area contributed by atoms with E-state index in [9.17, 15) is 34.7 Å². The third-order valence-electron chi connectivity index (χ3n) is 3.30. The Balaban J connectivity index is 3.02. The maximum atomic E-state index is 11.9. The number of anilines is 1. The van der Waals surface area contributed by atoms with Crippen LogP contribution in [-0.4, -0.2) is 39.2 Å². The van der Waals surface area contributed by atoms with E-state index in [4.69, 9.17) is 10.5 Å². The standard InChI is InChI=1S/C14H11N3O8/c1-25-7-3-5(2-6(4-7)17(23)24)8-9(13(19)20)11(15)16-12(18)10(8)14(21)22/h2-4H,1H3,(H,19,20)(H,21,22)(H3,15,16,18). The van der Waals surface area contributed by atoms with Crippen molar-refractivity contribution in [2.24, 2.45) is 0 Å². The predicted molar refractivity (Wildman–Crippen MR) is 84.0 cm³/mol. The highest BCUT2D eigenvalue weighted by atomic mass is 16.6. The van der Waals surface area contributed by atoms with Crippen molar-refractivity contribution < 1.29 is 29.5 Å². The fraction of sp³-hybridized carbons (Fsp3) is 0.0714. The van der Waals surface area contributed by atoms with Crippen LogP contribution < -0.4 is 16.0 Å². The lowest BCUT2D eigenvalue weighted by Gasteiger charge is -2.13. The number of nitrogens with two attached hydrogens (primary N) is 1. The zero-order valence-corrected chi connectivity index (χ0v) is 12.6. The zero-order chi connectivity index (χ0) is 18.9. The largest absolute Gasteiger partial charge is 0.496 e.